The molecule has 0 amide bonds. The normalized spacial score (nSPS) is 18.0. The lowest BCUT2D eigenvalue weighted by Gasteiger charge is -2.30. The van der Waals surface area contributed by atoms with Crippen molar-refractivity contribution in [2.45, 2.75) is 144 Å². The van der Waals surface area contributed by atoms with Crippen LogP contribution in [0.3, 0.4) is 0 Å². The molecule has 0 nitrogen and oxygen atoms in total. The van der Waals surface area contributed by atoms with E-state index in [0.717, 1.165) is 24.7 Å². The van der Waals surface area contributed by atoms with Crippen molar-refractivity contribution in [1.29, 1.82) is 0 Å². The largest absolute Gasteiger partial charge is 0.0694 e. The fourth-order valence-electron chi connectivity index (χ4n) is 6.68. The molecule has 0 radical (unpaired) electrons. The van der Waals surface area contributed by atoms with Crippen LogP contribution in [-0.4, -0.2) is 0 Å². The van der Waals surface area contributed by atoms with Crippen molar-refractivity contribution < 1.29 is 0 Å². The van der Waals surface area contributed by atoms with Crippen molar-refractivity contribution in [1.82, 2.24) is 0 Å². The van der Waals surface area contributed by atoms with Crippen LogP contribution in [0.1, 0.15) is 156 Å². The number of benzene rings is 2. The third-order valence-electron chi connectivity index (χ3n) is 10.6. The number of hydrogen-bond donors (Lipinski definition) is 0. The van der Waals surface area contributed by atoms with Gasteiger partial charge >= 0.3 is 0 Å². The van der Waals surface area contributed by atoms with Crippen molar-refractivity contribution >= 4 is 11.1 Å². The molecule has 2 unspecified atom stereocenters. The average molecular weight is 567 g/mol. The molecule has 0 aliphatic heterocycles. The molecule has 0 heteroatoms. The zero-order chi connectivity index (χ0) is 30.9. The molecule has 0 aromatic heterocycles. The molecule has 0 saturated carbocycles. The molecule has 0 N–H and O–H groups in total. The third-order valence-corrected chi connectivity index (χ3v) is 10.6. The Labute approximate surface area is 260 Å². The first kappa shape index (κ1) is 34.2. The molecule has 42 heavy (non-hydrogen) atoms. The van der Waals surface area contributed by atoms with Crippen LogP contribution in [0, 0.1) is 11.8 Å². The second kappa shape index (κ2) is 15.4. The maximum Gasteiger partial charge on any atom is -0.00142 e. The van der Waals surface area contributed by atoms with E-state index in [4.69, 9.17) is 0 Å². The van der Waals surface area contributed by atoms with Gasteiger partial charge in [0.2, 0.25) is 0 Å². The monoisotopic (exact) mass is 566 g/mol. The zero-order valence-corrected chi connectivity index (χ0v) is 29.0. The lowest BCUT2D eigenvalue weighted by molar-refractivity contribution is 0.382. The van der Waals surface area contributed by atoms with E-state index >= 15 is 0 Å². The Hall–Kier alpha value is -2.34. The topological polar surface area (TPSA) is 0 Å². The first-order valence-corrected chi connectivity index (χ1v) is 17.3. The summed E-state index contributed by atoms with van der Waals surface area (Å²) in [5, 5.41) is 0. The summed E-state index contributed by atoms with van der Waals surface area (Å²) >= 11 is 0. The summed E-state index contributed by atoms with van der Waals surface area (Å²) in [6, 6.07) is 19.2. The quantitative estimate of drug-likeness (QED) is 0.201. The molecule has 0 fully saturated rings. The van der Waals surface area contributed by atoms with Gasteiger partial charge in [-0.1, -0.05) is 154 Å². The Morgan fingerprint density at radius 1 is 0.667 bits per heavy atom. The Bertz CT molecular complexity index is 1210. The molecule has 0 saturated heterocycles. The average Bonchev–Trinajstić information content (AvgIpc) is 3.00. The second-order valence-corrected chi connectivity index (χ2v) is 14.6. The molecule has 1 aliphatic carbocycles. The van der Waals surface area contributed by atoms with Crippen LogP contribution in [0.15, 0.2) is 71.8 Å². The molecule has 2 atom stereocenters. The van der Waals surface area contributed by atoms with Gasteiger partial charge in [0, 0.05) is 0 Å². The summed E-state index contributed by atoms with van der Waals surface area (Å²) in [5.74, 6) is 1.57. The van der Waals surface area contributed by atoms with Crippen molar-refractivity contribution in [2.24, 2.45) is 11.8 Å². The van der Waals surface area contributed by atoms with E-state index < -0.39 is 0 Å². The second-order valence-electron chi connectivity index (χ2n) is 14.6. The maximum atomic E-state index is 2.46. The van der Waals surface area contributed by atoms with Crippen LogP contribution in [-0.2, 0) is 10.8 Å². The van der Waals surface area contributed by atoms with Crippen molar-refractivity contribution in [3.05, 3.63) is 94.1 Å². The first-order valence-electron chi connectivity index (χ1n) is 17.3. The van der Waals surface area contributed by atoms with E-state index in [1.807, 2.05) is 0 Å². The molecular formula is C42H62. The number of hydrogen-bond acceptors (Lipinski definition) is 0. The molecule has 0 bridgehead atoms. The van der Waals surface area contributed by atoms with Crippen LogP contribution in [0.25, 0.3) is 11.1 Å². The van der Waals surface area contributed by atoms with Crippen molar-refractivity contribution in [2.75, 3.05) is 0 Å². The molecule has 1 aliphatic rings. The summed E-state index contributed by atoms with van der Waals surface area (Å²) in [6.07, 6.45) is 17.0. The minimum absolute atomic E-state index is 0.258. The Morgan fingerprint density at radius 2 is 1.12 bits per heavy atom. The van der Waals surface area contributed by atoms with E-state index in [9.17, 15) is 0 Å². The van der Waals surface area contributed by atoms with Gasteiger partial charge in [-0.25, -0.2) is 0 Å². The first-order chi connectivity index (χ1) is 20.0. The van der Waals surface area contributed by atoms with E-state index in [2.05, 4.69) is 130 Å². The SMILES string of the molecule is CC/C(C)=C1/CC(c2ccc(C(C)(CC)CCCC(C)C)cc2)=CC=C1c1ccc(C(C)(CC)CCCC(C)C)cc1. The van der Waals surface area contributed by atoms with Gasteiger partial charge in [-0.15, -0.1) is 0 Å². The van der Waals surface area contributed by atoms with Crippen molar-refractivity contribution in [3.8, 4) is 0 Å². The highest BCUT2D eigenvalue weighted by molar-refractivity contribution is 5.89. The van der Waals surface area contributed by atoms with E-state index in [0.29, 0.717) is 0 Å². The van der Waals surface area contributed by atoms with Gasteiger partial charge in [-0.2, -0.15) is 0 Å². The summed E-state index contributed by atoms with van der Waals surface area (Å²) in [6.45, 7) is 23.6. The predicted octanol–water partition coefficient (Wildman–Crippen LogP) is 13.3. The van der Waals surface area contributed by atoms with Crippen molar-refractivity contribution in [3.63, 3.8) is 0 Å². The third kappa shape index (κ3) is 8.61. The summed E-state index contributed by atoms with van der Waals surface area (Å²) in [5.41, 5.74) is 12.1. The molecule has 3 rings (SSSR count). The van der Waals surface area contributed by atoms with Gasteiger partial charge in [-0.3, -0.25) is 0 Å². The Kier molecular flexibility index (Phi) is 12.5. The van der Waals surface area contributed by atoms with Crippen LogP contribution in [0.4, 0.5) is 0 Å². The van der Waals surface area contributed by atoms with Crippen LogP contribution < -0.4 is 0 Å². The molecule has 2 aromatic rings. The minimum Gasteiger partial charge on any atom is -0.0694 e. The highest BCUT2D eigenvalue weighted by Gasteiger charge is 2.26. The van der Waals surface area contributed by atoms with Crippen LogP contribution in [0.5, 0.6) is 0 Å². The molecule has 0 heterocycles. The Morgan fingerprint density at radius 3 is 1.52 bits per heavy atom. The van der Waals surface area contributed by atoms with E-state index in [1.54, 1.807) is 0 Å². The van der Waals surface area contributed by atoms with Gasteiger partial charge in [0.1, 0.15) is 0 Å². The lowest BCUT2D eigenvalue weighted by atomic mass is 9.74. The van der Waals surface area contributed by atoms with Crippen LogP contribution in [0.2, 0.25) is 0 Å². The maximum absolute atomic E-state index is 2.46. The molecular weight excluding hydrogens is 504 g/mol. The van der Waals surface area contributed by atoms with E-state index in [-0.39, 0.29) is 10.8 Å². The fourth-order valence-corrected chi connectivity index (χ4v) is 6.68. The standard InChI is InChI=1S/C42H62/c1-11-33(8)40-30-36(34-18-23-37(24-19-34)41(9,12-2)28-14-16-31(4)5)22-27-39(40)35-20-25-38(26-21-35)42(10,13-3)29-15-17-32(6)7/h18-27,31-32H,11-17,28-30H2,1-10H3/b40-33-. The van der Waals surface area contributed by atoms with Gasteiger partial charge < -0.3 is 0 Å². The summed E-state index contributed by atoms with van der Waals surface area (Å²) in [7, 11) is 0. The number of allylic oxidation sites excluding steroid dienone is 6. The van der Waals surface area contributed by atoms with Crippen LogP contribution >= 0.6 is 0 Å². The smallest absolute Gasteiger partial charge is 0.00142 e. The highest BCUT2D eigenvalue weighted by Crippen LogP contribution is 2.41. The predicted molar refractivity (Wildman–Crippen MR) is 189 cm³/mol. The molecule has 2 aromatic carbocycles. The highest BCUT2D eigenvalue weighted by atomic mass is 14.3. The zero-order valence-electron chi connectivity index (χ0n) is 29.0. The number of rotatable bonds is 15. The lowest BCUT2D eigenvalue weighted by Crippen LogP contribution is -2.21. The van der Waals surface area contributed by atoms with Gasteiger partial charge in [-0.05, 0) is 107 Å². The Balaban J connectivity index is 1.86. The fraction of sp³-hybridized carbons (Fsp3) is 0.571. The van der Waals surface area contributed by atoms with Gasteiger partial charge in [0.25, 0.3) is 0 Å². The summed E-state index contributed by atoms with van der Waals surface area (Å²) < 4.78 is 0. The molecule has 0 spiro atoms. The summed E-state index contributed by atoms with van der Waals surface area (Å²) in [4.78, 5) is 0. The van der Waals surface area contributed by atoms with Gasteiger partial charge in [0.05, 0.1) is 0 Å². The van der Waals surface area contributed by atoms with E-state index in [1.165, 1.54) is 95.9 Å². The molecule has 230 valence electrons. The minimum atomic E-state index is 0.258. The van der Waals surface area contributed by atoms with Gasteiger partial charge in [0.15, 0.2) is 0 Å².